The molecule has 0 atom stereocenters. The maximum atomic E-state index is 12.1. The van der Waals surface area contributed by atoms with E-state index in [4.69, 9.17) is 5.73 Å². The number of nitrogens with two attached hydrogens (primary N) is 1. The van der Waals surface area contributed by atoms with Crippen molar-refractivity contribution in [2.45, 2.75) is 16.7 Å². The summed E-state index contributed by atoms with van der Waals surface area (Å²) in [7, 11) is -9.55. The smallest absolute Gasteiger partial charge is 0.295 e. The fraction of sp³-hybridized carbons (Fsp3) is 0.0870. The lowest BCUT2D eigenvalue weighted by Gasteiger charge is -2.09. The largest absolute Gasteiger partial charge is 0.389 e. The van der Waals surface area contributed by atoms with Gasteiger partial charge in [0.05, 0.1) is 11.3 Å². The molecule has 0 unspecified atom stereocenters. The summed E-state index contributed by atoms with van der Waals surface area (Å²) < 4.78 is 67.3. The first kappa shape index (κ1) is 26.2. The molecule has 0 radical (unpaired) electrons. The van der Waals surface area contributed by atoms with Gasteiger partial charge in [-0.25, -0.2) is 0 Å². The molecule has 0 bridgehead atoms. The van der Waals surface area contributed by atoms with E-state index in [-0.39, 0.29) is 32.0 Å². The quantitative estimate of drug-likeness (QED) is 0.171. The minimum Gasteiger partial charge on any atom is -0.389 e. The van der Waals surface area contributed by atoms with Gasteiger partial charge in [-0.15, -0.1) is 10.2 Å². The molecule has 11 nitrogen and oxygen atoms in total. The van der Waals surface area contributed by atoms with Gasteiger partial charge in [-0.1, -0.05) is 35.6 Å². The summed E-state index contributed by atoms with van der Waals surface area (Å²) in [6.45, 7) is 2.62. The molecule has 0 aliphatic heterocycles. The number of hydrogen-bond acceptors (Lipinski definition) is 10. The molecule has 0 aliphatic rings. The van der Waals surface area contributed by atoms with Gasteiger partial charge in [-0.3, -0.25) is 9.11 Å². The summed E-state index contributed by atoms with van der Waals surface area (Å²) in [5, 5.41) is 21.3. The topological polar surface area (TPSA) is 195 Å². The third-order valence-corrected chi connectivity index (χ3v) is 7.98. The minimum absolute atomic E-state index is 0.131. The first-order valence-corrected chi connectivity index (χ1v) is 14.2. The van der Waals surface area contributed by atoms with Crippen molar-refractivity contribution in [1.29, 1.82) is 5.26 Å². The standard InChI is InChI=1S/C23H19N5O6S3/c1-2-26-14-6-3-5-13(9-14)21-18(12-24)22(25)35-23(21)28-27-15-10-17-16(20(11-15)37(32,33)34)7-4-8-19(17)36(29,30)31/h3-11,26H,2,25H2,1H3,(H,29,30,31)(H,32,33,34). The van der Waals surface area contributed by atoms with Crippen LogP contribution in [0.2, 0.25) is 0 Å². The number of anilines is 2. The summed E-state index contributed by atoms with van der Waals surface area (Å²) in [4.78, 5) is -1.19. The van der Waals surface area contributed by atoms with E-state index < -0.39 is 30.0 Å². The lowest BCUT2D eigenvalue weighted by molar-refractivity contribution is 0.481. The van der Waals surface area contributed by atoms with Crippen molar-refractivity contribution >= 4 is 63.7 Å². The number of fused-ring (bicyclic) bond motifs is 1. The van der Waals surface area contributed by atoms with Crippen LogP contribution in [0.5, 0.6) is 0 Å². The number of nitriles is 1. The zero-order valence-corrected chi connectivity index (χ0v) is 21.5. The van der Waals surface area contributed by atoms with Crippen LogP contribution in [0.15, 0.2) is 74.6 Å². The van der Waals surface area contributed by atoms with Crippen LogP contribution in [0.4, 0.5) is 21.4 Å². The average molecular weight is 558 g/mol. The van der Waals surface area contributed by atoms with E-state index in [2.05, 4.69) is 21.6 Å². The summed E-state index contributed by atoms with van der Waals surface area (Å²) >= 11 is 0.991. The predicted octanol–water partition coefficient (Wildman–Crippen LogP) is 5.36. The minimum atomic E-state index is -4.81. The highest BCUT2D eigenvalue weighted by Crippen LogP contribution is 2.45. The van der Waals surface area contributed by atoms with Gasteiger partial charge in [-0.2, -0.15) is 22.1 Å². The van der Waals surface area contributed by atoms with Gasteiger partial charge in [0.2, 0.25) is 0 Å². The fourth-order valence-corrected chi connectivity index (χ4v) is 6.07. The van der Waals surface area contributed by atoms with Crippen molar-refractivity contribution in [3.8, 4) is 17.2 Å². The van der Waals surface area contributed by atoms with Crippen LogP contribution >= 0.6 is 11.3 Å². The summed E-state index contributed by atoms with van der Waals surface area (Å²) in [6.07, 6.45) is 0. The van der Waals surface area contributed by atoms with E-state index >= 15 is 0 Å². The van der Waals surface area contributed by atoms with Gasteiger partial charge in [0.15, 0.2) is 0 Å². The van der Waals surface area contributed by atoms with Crippen molar-refractivity contribution in [2.75, 3.05) is 17.6 Å². The zero-order chi connectivity index (χ0) is 27.0. The molecule has 0 spiro atoms. The number of nitrogens with one attached hydrogen (secondary N) is 1. The highest BCUT2D eigenvalue weighted by Gasteiger charge is 2.22. The number of azo groups is 1. The van der Waals surface area contributed by atoms with Crippen LogP contribution in [0.3, 0.4) is 0 Å². The summed E-state index contributed by atoms with van der Waals surface area (Å²) in [6, 6.07) is 15.1. The van der Waals surface area contributed by atoms with Gasteiger partial charge in [0.25, 0.3) is 20.2 Å². The third kappa shape index (κ3) is 5.31. The highest BCUT2D eigenvalue weighted by atomic mass is 32.2. The van der Waals surface area contributed by atoms with Crippen molar-refractivity contribution < 1.29 is 25.9 Å². The van der Waals surface area contributed by atoms with Crippen LogP contribution in [-0.2, 0) is 20.2 Å². The van der Waals surface area contributed by atoms with Crippen molar-refractivity contribution in [2.24, 2.45) is 10.2 Å². The Balaban J connectivity index is 1.93. The fourth-order valence-electron chi connectivity index (χ4n) is 3.78. The number of rotatable bonds is 7. The molecule has 0 amide bonds. The number of nitrogen functional groups attached to an aromatic ring is 1. The molecular weight excluding hydrogens is 538 g/mol. The van der Waals surface area contributed by atoms with E-state index in [1.165, 1.54) is 18.2 Å². The Morgan fingerprint density at radius 3 is 2.32 bits per heavy atom. The van der Waals surface area contributed by atoms with Gasteiger partial charge >= 0.3 is 0 Å². The Hall–Kier alpha value is -3.87. The first-order chi connectivity index (χ1) is 17.4. The Kier molecular flexibility index (Phi) is 7.00. The van der Waals surface area contributed by atoms with Gasteiger partial charge in [0.1, 0.15) is 25.9 Å². The predicted molar refractivity (Wildman–Crippen MR) is 141 cm³/mol. The third-order valence-electron chi connectivity index (χ3n) is 5.28. The van der Waals surface area contributed by atoms with E-state index in [1.54, 1.807) is 12.1 Å². The van der Waals surface area contributed by atoms with Crippen LogP contribution in [0.1, 0.15) is 12.5 Å². The zero-order valence-electron chi connectivity index (χ0n) is 19.1. The van der Waals surface area contributed by atoms with Crippen LogP contribution in [0.25, 0.3) is 21.9 Å². The number of benzene rings is 3. The molecule has 4 rings (SSSR count). The van der Waals surface area contributed by atoms with E-state index in [9.17, 15) is 31.2 Å². The SMILES string of the molecule is CCNc1cccc(-c2c(N=Nc3cc(S(=O)(=O)O)c4cccc(S(=O)(=O)O)c4c3)sc(N)c2C#N)c1. The second kappa shape index (κ2) is 9.88. The van der Waals surface area contributed by atoms with Crippen molar-refractivity contribution in [3.63, 3.8) is 0 Å². The molecule has 1 heterocycles. The van der Waals surface area contributed by atoms with Gasteiger partial charge in [0, 0.05) is 28.6 Å². The summed E-state index contributed by atoms with van der Waals surface area (Å²) in [5.41, 5.74) is 7.98. The average Bonchev–Trinajstić information content (AvgIpc) is 3.16. The maximum absolute atomic E-state index is 12.1. The second-order valence-electron chi connectivity index (χ2n) is 7.69. The molecule has 0 saturated heterocycles. The molecule has 1 aromatic heterocycles. The molecule has 4 aromatic rings. The van der Waals surface area contributed by atoms with Gasteiger partial charge < -0.3 is 11.1 Å². The Morgan fingerprint density at radius 2 is 1.68 bits per heavy atom. The molecule has 37 heavy (non-hydrogen) atoms. The normalized spacial score (nSPS) is 12.2. The molecule has 190 valence electrons. The molecule has 5 N–H and O–H groups in total. The van der Waals surface area contributed by atoms with Crippen molar-refractivity contribution in [3.05, 3.63) is 60.2 Å². The Labute approximate surface area is 216 Å². The van der Waals surface area contributed by atoms with Gasteiger partial charge in [-0.05, 0) is 42.8 Å². The molecule has 0 fully saturated rings. The molecule has 3 aromatic carbocycles. The highest BCUT2D eigenvalue weighted by molar-refractivity contribution is 7.86. The monoisotopic (exact) mass is 557 g/mol. The Morgan fingerprint density at radius 1 is 0.973 bits per heavy atom. The summed E-state index contributed by atoms with van der Waals surface area (Å²) in [5.74, 6) is 0. The number of nitrogens with zero attached hydrogens (tertiary/aromatic N) is 3. The molecule has 14 heteroatoms. The maximum Gasteiger partial charge on any atom is 0.295 e. The molecular formula is C23H19N5O6S3. The van der Waals surface area contributed by atoms with E-state index in [0.29, 0.717) is 17.7 Å². The Bertz CT molecular complexity index is 1820. The lowest BCUT2D eigenvalue weighted by Crippen LogP contribution is -2.03. The first-order valence-electron chi connectivity index (χ1n) is 10.5. The lowest BCUT2D eigenvalue weighted by atomic mass is 10.0. The molecule has 0 aliphatic carbocycles. The number of hydrogen-bond donors (Lipinski definition) is 4. The van der Waals surface area contributed by atoms with Crippen LogP contribution in [-0.4, -0.2) is 32.5 Å². The number of thiophene rings is 1. The van der Waals surface area contributed by atoms with Crippen molar-refractivity contribution in [1.82, 2.24) is 0 Å². The van der Waals surface area contributed by atoms with E-state index in [0.717, 1.165) is 29.2 Å². The molecule has 0 saturated carbocycles. The van der Waals surface area contributed by atoms with Crippen LogP contribution in [0, 0.1) is 11.3 Å². The second-order valence-corrected chi connectivity index (χ2v) is 11.5. The van der Waals surface area contributed by atoms with E-state index in [1.807, 2.05) is 19.1 Å². The van der Waals surface area contributed by atoms with Crippen LogP contribution < -0.4 is 11.1 Å².